The van der Waals surface area contributed by atoms with E-state index in [1.54, 1.807) is 30.3 Å². The minimum atomic E-state index is -3.63. The third kappa shape index (κ3) is 3.91. The Hall–Kier alpha value is -1.11. The van der Waals surface area contributed by atoms with Crippen molar-refractivity contribution in [1.29, 1.82) is 0 Å². The fraction of sp³-hybridized carbons (Fsp3) is 0. The van der Waals surface area contributed by atoms with E-state index in [1.165, 1.54) is 0 Å². The van der Waals surface area contributed by atoms with Gasteiger partial charge in [0.05, 0.1) is 0 Å². The van der Waals surface area contributed by atoms with Crippen LogP contribution in [0.15, 0.2) is 30.3 Å². The lowest BCUT2D eigenvalue weighted by Crippen LogP contribution is -2.21. The molecule has 12 heavy (non-hydrogen) atoms. The Bertz CT molecular complexity index is 322. The van der Waals surface area contributed by atoms with Crippen molar-refractivity contribution < 1.29 is 13.9 Å². The maximum Gasteiger partial charge on any atom is 0.296 e. The SMILES string of the molecule is NS(=O)(=O)Nc1ccccc1.O. The third-order valence-corrected chi connectivity index (χ3v) is 1.55. The molecule has 5 nitrogen and oxygen atoms in total. The Labute approximate surface area is 70.7 Å². The lowest BCUT2D eigenvalue weighted by Gasteiger charge is -2.00. The van der Waals surface area contributed by atoms with E-state index < -0.39 is 10.2 Å². The summed E-state index contributed by atoms with van der Waals surface area (Å²) in [5.41, 5.74) is 0.468. The molecule has 1 rings (SSSR count). The topological polar surface area (TPSA) is 104 Å². The third-order valence-electron chi connectivity index (χ3n) is 1.03. The normalized spacial score (nSPS) is 10.1. The highest BCUT2D eigenvalue weighted by Crippen LogP contribution is 2.04. The van der Waals surface area contributed by atoms with Crippen molar-refractivity contribution in [3.63, 3.8) is 0 Å². The minimum Gasteiger partial charge on any atom is -0.412 e. The standard InChI is InChI=1S/C6H8N2O2S.H2O/c7-11(9,10)8-6-4-2-1-3-5-6;/h1-5,8H,(H2,7,9,10);1H2. The number of rotatable bonds is 2. The van der Waals surface area contributed by atoms with E-state index >= 15 is 0 Å². The van der Waals surface area contributed by atoms with Crippen LogP contribution in [0.3, 0.4) is 0 Å². The second-order valence-electron chi connectivity index (χ2n) is 2.01. The van der Waals surface area contributed by atoms with Crippen LogP contribution in [0.1, 0.15) is 0 Å². The Kier molecular flexibility index (Phi) is 3.68. The molecule has 6 heteroatoms. The summed E-state index contributed by atoms with van der Waals surface area (Å²) < 4.78 is 23.1. The minimum absolute atomic E-state index is 0. The summed E-state index contributed by atoms with van der Waals surface area (Å²) >= 11 is 0. The Morgan fingerprint density at radius 2 is 1.67 bits per heavy atom. The highest BCUT2D eigenvalue weighted by molar-refractivity contribution is 7.90. The van der Waals surface area contributed by atoms with Gasteiger partial charge in [-0.15, -0.1) is 0 Å². The smallest absolute Gasteiger partial charge is 0.296 e. The zero-order valence-electron chi connectivity index (χ0n) is 6.19. The van der Waals surface area contributed by atoms with E-state index in [2.05, 4.69) is 4.72 Å². The fourth-order valence-electron chi connectivity index (χ4n) is 0.670. The summed E-state index contributed by atoms with van der Waals surface area (Å²) in [5, 5.41) is 4.73. The average molecular weight is 190 g/mol. The zero-order chi connectivity index (χ0) is 8.32. The molecule has 0 unspecified atom stereocenters. The molecule has 0 fully saturated rings. The predicted molar refractivity (Wildman–Crippen MR) is 46.8 cm³/mol. The highest BCUT2D eigenvalue weighted by atomic mass is 32.2. The molecule has 0 bridgehead atoms. The number of nitrogens with one attached hydrogen (secondary N) is 1. The van der Waals surface area contributed by atoms with Gasteiger partial charge in [0.15, 0.2) is 0 Å². The van der Waals surface area contributed by atoms with Crippen molar-refractivity contribution in [2.45, 2.75) is 0 Å². The Balaban J connectivity index is 0.00000121. The fourth-order valence-corrected chi connectivity index (χ4v) is 1.14. The monoisotopic (exact) mass is 190 g/mol. The summed E-state index contributed by atoms with van der Waals surface area (Å²) in [7, 11) is -3.63. The molecule has 0 aliphatic rings. The zero-order valence-corrected chi connectivity index (χ0v) is 7.01. The molecule has 0 atom stereocenters. The van der Waals surface area contributed by atoms with E-state index in [1.807, 2.05) is 0 Å². The lowest BCUT2D eigenvalue weighted by molar-refractivity contribution is 0.603. The average Bonchev–Trinajstić information content (AvgIpc) is 1.85. The van der Waals surface area contributed by atoms with Gasteiger partial charge >= 0.3 is 0 Å². The number of anilines is 1. The Morgan fingerprint density at radius 3 is 2.08 bits per heavy atom. The van der Waals surface area contributed by atoms with E-state index in [0.29, 0.717) is 5.69 Å². The van der Waals surface area contributed by atoms with Gasteiger partial charge in [0.25, 0.3) is 10.2 Å². The van der Waals surface area contributed by atoms with Crippen LogP contribution in [-0.2, 0) is 10.2 Å². The molecule has 0 spiro atoms. The molecular weight excluding hydrogens is 180 g/mol. The van der Waals surface area contributed by atoms with Crippen LogP contribution < -0.4 is 9.86 Å². The summed E-state index contributed by atoms with van der Waals surface area (Å²) in [6.07, 6.45) is 0. The number of hydrogen-bond acceptors (Lipinski definition) is 2. The second-order valence-corrected chi connectivity index (χ2v) is 3.31. The van der Waals surface area contributed by atoms with Gasteiger partial charge < -0.3 is 5.48 Å². The van der Waals surface area contributed by atoms with Crippen LogP contribution in [0.4, 0.5) is 5.69 Å². The van der Waals surface area contributed by atoms with Crippen LogP contribution >= 0.6 is 0 Å². The number of nitrogens with two attached hydrogens (primary N) is 1. The van der Waals surface area contributed by atoms with Crippen LogP contribution in [0.2, 0.25) is 0 Å². The molecule has 1 aromatic carbocycles. The molecule has 68 valence electrons. The first-order valence-electron chi connectivity index (χ1n) is 2.93. The van der Waals surface area contributed by atoms with Gasteiger partial charge in [-0.1, -0.05) is 18.2 Å². The van der Waals surface area contributed by atoms with E-state index in [0.717, 1.165) is 0 Å². The molecule has 0 saturated heterocycles. The molecule has 0 radical (unpaired) electrons. The number of benzene rings is 1. The lowest BCUT2D eigenvalue weighted by atomic mass is 10.3. The first-order chi connectivity index (χ1) is 5.08. The maximum absolute atomic E-state index is 10.5. The Morgan fingerprint density at radius 1 is 1.17 bits per heavy atom. The van der Waals surface area contributed by atoms with Crippen molar-refractivity contribution in [3.05, 3.63) is 30.3 Å². The summed E-state index contributed by atoms with van der Waals surface area (Å²) in [5.74, 6) is 0. The molecule has 0 aliphatic carbocycles. The molecule has 0 aliphatic heterocycles. The van der Waals surface area contributed by atoms with Gasteiger partial charge in [-0.3, -0.25) is 4.72 Å². The van der Waals surface area contributed by atoms with Gasteiger partial charge in [-0.05, 0) is 12.1 Å². The van der Waals surface area contributed by atoms with Crippen LogP contribution in [0, 0.1) is 0 Å². The summed E-state index contributed by atoms with van der Waals surface area (Å²) in [4.78, 5) is 0. The first-order valence-corrected chi connectivity index (χ1v) is 4.48. The quantitative estimate of drug-likeness (QED) is 0.655. The summed E-state index contributed by atoms with van der Waals surface area (Å²) in [6, 6.07) is 8.45. The van der Waals surface area contributed by atoms with Crippen molar-refractivity contribution in [2.24, 2.45) is 5.14 Å². The van der Waals surface area contributed by atoms with Crippen LogP contribution in [0.25, 0.3) is 0 Å². The number of hydrogen-bond donors (Lipinski definition) is 2. The number of para-hydroxylation sites is 1. The molecule has 0 saturated carbocycles. The largest absolute Gasteiger partial charge is 0.412 e. The molecule has 0 aromatic heterocycles. The van der Waals surface area contributed by atoms with Crippen molar-refractivity contribution in [2.75, 3.05) is 4.72 Å². The molecule has 1 aromatic rings. The summed E-state index contributed by atoms with van der Waals surface area (Å²) in [6.45, 7) is 0. The van der Waals surface area contributed by atoms with Gasteiger partial charge in [0, 0.05) is 5.69 Å². The van der Waals surface area contributed by atoms with Gasteiger partial charge in [-0.25, -0.2) is 5.14 Å². The predicted octanol–water partition coefficient (Wildman–Crippen LogP) is -0.523. The van der Waals surface area contributed by atoms with Crippen molar-refractivity contribution in [3.8, 4) is 0 Å². The van der Waals surface area contributed by atoms with Crippen LogP contribution in [-0.4, -0.2) is 13.9 Å². The van der Waals surface area contributed by atoms with Crippen molar-refractivity contribution in [1.82, 2.24) is 0 Å². The van der Waals surface area contributed by atoms with Gasteiger partial charge in [0.2, 0.25) is 0 Å². The molecule has 0 amide bonds. The van der Waals surface area contributed by atoms with E-state index in [9.17, 15) is 8.42 Å². The highest BCUT2D eigenvalue weighted by Gasteiger charge is 1.98. The first kappa shape index (κ1) is 10.9. The van der Waals surface area contributed by atoms with E-state index in [-0.39, 0.29) is 5.48 Å². The second kappa shape index (κ2) is 4.05. The van der Waals surface area contributed by atoms with Gasteiger partial charge in [-0.2, -0.15) is 8.42 Å². The van der Waals surface area contributed by atoms with Crippen molar-refractivity contribution >= 4 is 15.9 Å². The van der Waals surface area contributed by atoms with E-state index in [4.69, 9.17) is 5.14 Å². The van der Waals surface area contributed by atoms with Crippen LogP contribution in [0.5, 0.6) is 0 Å². The van der Waals surface area contributed by atoms with Gasteiger partial charge in [0.1, 0.15) is 0 Å². The molecule has 5 N–H and O–H groups in total. The molecule has 0 heterocycles. The molecular formula is C6H10N2O3S. The maximum atomic E-state index is 10.5.